The SMILES string of the molecule is COC(=O)CSC[C@@H]1CCCNC1. The topological polar surface area (TPSA) is 38.3 Å². The number of hydrogen-bond donors (Lipinski definition) is 1. The lowest BCUT2D eigenvalue weighted by Crippen LogP contribution is -2.31. The molecule has 0 aromatic rings. The van der Waals surface area contributed by atoms with Gasteiger partial charge in [-0.15, -0.1) is 11.8 Å². The highest BCUT2D eigenvalue weighted by Gasteiger charge is 2.13. The zero-order chi connectivity index (χ0) is 9.52. The Balaban J connectivity index is 2.01. The fourth-order valence-electron chi connectivity index (χ4n) is 1.43. The highest BCUT2D eigenvalue weighted by Crippen LogP contribution is 2.16. The van der Waals surface area contributed by atoms with Gasteiger partial charge < -0.3 is 10.1 Å². The number of thioether (sulfide) groups is 1. The van der Waals surface area contributed by atoms with Crippen LogP contribution in [0.4, 0.5) is 0 Å². The Hall–Kier alpha value is -0.220. The molecule has 0 aromatic carbocycles. The number of methoxy groups -OCH3 is 1. The van der Waals surface area contributed by atoms with Crippen molar-refractivity contribution in [1.29, 1.82) is 0 Å². The number of nitrogens with one attached hydrogen (secondary N) is 1. The summed E-state index contributed by atoms with van der Waals surface area (Å²) < 4.78 is 4.56. The zero-order valence-corrected chi connectivity index (χ0v) is 8.86. The van der Waals surface area contributed by atoms with Crippen LogP contribution in [0.2, 0.25) is 0 Å². The van der Waals surface area contributed by atoms with Gasteiger partial charge in [-0.2, -0.15) is 0 Å². The number of rotatable bonds is 4. The third-order valence-electron chi connectivity index (χ3n) is 2.20. The average Bonchev–Trinajstić information content (AvgIpc) is 2.19. The molecule has 4 heteroatoms. The second-order valence-electron chi connectivity index (χ2n) is 3.30. The minimum Gasteiger partial charge on any atom is -0.468 e. The molecule has 0 spiro atoms. The van der Waals surface area contributed by atoms with Crippen molar-refractivity contribution in [2.24, 2.45) is 5.92 Å². The zero-order valence-electron chi connectivity index (χ0n) is 8.04. The molecule has 76 valence electrons. The highest BCUT2D eigenvalue weighted by atomic mass is 32.2. The van der Waals surface area contributed by atoms with Gasteiger partial charge in [0, 0.05) is 0 Å². The first-order chi connectivity index (χ1) is 6.33. The summed E-state index contributed by atoms with van der Waals surface area (Å²) in [6, 6.07) is 0. The first-order valence-electron chi connectivity index (χ1n) is 4.68. The number of carbonyl (C=O) groups excluding carboxylic acids is 1. The predicted octanol–water partition coefficient (Wildman–Crippen LogP) is 0.892. The van der Waals surface area contributed by atoms with E-state index in [0.717, 1.165) is 24.8 Å². The van der Waals surface area contributed by atoms with Crippen LogP contribution in [0.1, 0.15) is 12.8 Å². The maximum absolute atomic E-state index is 10.8. The molecule has 0 saturated carbocycles. The van der Waals surface area contributed by atoms with Gasteiger partial charge in [-0.1, -0.05) is 0 Å². The van der Waals surface area contributed by atoms with Crippen molar-refractivity contribution in [2.45, 2.75) is 12.8 Å². The lowest BCUT2D eigenvalue weighted by Gasteiger charge is -2.21. The summed E-state index contributed by atoms with van der Waals surface area (Å²) in [6.07, 6.45) is 2.56. The van der Waals surface area contributed by atoms with Crippen LogP contribution in [0.3, 0.4) is 0 Å². The molecule has 0 aliphatic carbocycles. The van der Waals surface area contributed by atoms with Crippen LogP contribution in [-0.2, 0) is 9.53 Å². The highest BCUT2D eigenvalue weighted by molar-refractivity contribution is 7.99. The Bertz CT molecular complexity index is 158. The lowest BCUT2D eigenvalue weighted by atomic mass is 10.0. The van der Waals surface area contributed by atoms with Crippen molar-refractivity contribution in [3.05, 3.63) is 0 Å². The van der Waals surface area contributed by atoms with E-state index in [1.54, 1.807) is 11.8 Å². The maximum atomic E-state index is 10.8. The second-order valence-corrected chi connectivity index (χ2v) is 4.33. The summed E-state index contributed by atoms with van der Waals surface area (Å²) in [5.41, 5.74) is 0. The smallest absolute Gasteiger partial charge is 0.315 e. The summed E-state index contributed by atoms with van der Waals surface area (Å²) in [6.45, 7) is 2.26. The predicted molar refractivity (Wildman–Crippen MR) is 54.9 cm³/mol. The Morgan fingerprint density at radius 3 is 3.15 bits per heavy atom. The van der Waals surface area contributed by atoms with E-state index >= 15 is 0 Å². The molecule has 1 N–H and O–H groups in total. The van der Waals surface area contributed by atoms with Crippen molar-refractivity contribution in [3.8, 4) is 0 Å². The van der Waals surface area contributed by atoms with E-state index in [1.165, 1.54) is 20.0 Å². The van der Waals surface area contributed by atoms with E-state index in [9.17, 15) is 4.79 Å². The molecule has 1 aliphatic rings. The van der Waals surface area contributed by atoms with E-state index in [2.05, 4.69) is 10.1 Å². The molecular formula is C9H17NO2S. The normalized spacial score (nSPS) is 22.7. The molecule has 1 heterocycles. The number of hydrogen-bond acceptors (Lipinski definition) is 4. The van der Waals surface area contributed by atoms with Gasteiger partial charge in [0.25, 0.3) is 0 Å². The van der Waals surface area contributed by atoms with Crippen molar-refractivity contribution >= 4 is 17.7 Å². The minimum atomic E-state index is -0.117. The first kappa shape index (κ1) is 10.9. The van der Waals surface area contributed by atoms with Crippen molar-refractivity contribution in [3.63, 3.8) is 0 Å². The third-order valence-corrected chi connectivity index (χ3v) is 3.35. The molecule has 1 rings (SSSR count). The van der Waals surface area contributed by atoms with Gasteiger partial charge in [0.05, 0.1) is 12.9 Å². The number of piperidine rings is 1. The number of ether oxygens (including phenoxy) is 1. The Morgan fingerprint density at radius 2 is 2.54 bits per heavy atom. The molecule has 13 heavy (non-hydrogen) atoms. The fourth-order valence-corrected chi connectivity index (χ4v) is 2.45. The molecule has 0 aromatic heterocycles. The van der Waals surface area contributed by atoms with Crippen LogP contribution in [0.25, 0.3) is 0 Å². The van der Waals surface area contributed by atoms with Crippen molar-refractivity contribution in [1.82, 2.24) is 5.32 Å². The third kappa shape index (κ3) is 4.52. The molecule has 0 amide bonds. The van der Waals surface area contributed by atoms with Gasteiger partial charge in [0.2, 0.25) is 0 Å². The van der Waals surface area contributed by atoms with Crippen LogP contribution in [0, 0.1) is 5.92 Å². The lowest BCUT2D eigenvalue weighted by molar-refractivity contribution is -0.137. The molecule has 3 nitrogen and oxygen atoms in total. The van der Waals surface area contributed by atoms with Crippen LogP contribution >= 0.6 is 11.8 Å². The summed E-state index contributed by atoms with van der Waals surface area (Å²) in [5.74, 6) is 2.19. The Labute approximate surface area is 83.6 Å². The molecule has 1 fully saturated rings. The van der Waals surface area contributed by atoms with Crippen LogP contribution in [-0.4, -0.2) is 37.7 Å². The number of esters is 1. The summed E-state index contributed by atoms with van der Waals surface area (Å²) in [5, 5.41) is 3.36. The van der Waals surface area contributed by atoms with E-state index in [0.29, 0.717) is 5.75 Å². The molecule has 0 unspecified atom stereocenters. The fraction of sp³-hybridized carbons (Fsp3) is 0.889. The van der Waals surface area contributed by atoms with Crippen LogP contribution < -0.4 is 5.32 Å². The first-order valence-corrected chi connectivity index (χ1v) is 5.83. The molecule has 1 atom stereocenters. The van der Waals surface area contributed by atoms with Crippen LogP contribution in [0.15, 0.2) is 0 Å². The second kappa shape index (κ2) is 6.27. The van der Waals surface area contributed by atoms with Gasteiger partial charge in [-0.25, -0.2) is 0 Å². The van der Waals surface area contributed by atoms with Crippen LogP contribution in [0.5, 0.6) is 0 Å². The minimum absolute atomic E-state index is 0.117. The Morgan fingerprint density at radius 1 is 1.69 bits per heavy atom. The maximum Gasteiger partial charge on any atom is 0.315 e. The van der Waals surface area contributed by atoms with Gasteiger partial charge in [0.1, 0.15) is 0 Å². The van der Waals surface area contributed by atoms with E-state index < -0.39 is 0 Å². The molecule has 1 aliphatic heterocycles. The monoisotopic (exact) mass is 203 g/mol. The standard InChI is InChI=1S/C9H17NO2S/c1-12-9(11)7-13-6-8-3-2-4-10-5-8/h8,10H,2-7H2,1H3/t8-/m1/s1. The van der Waals surface area contributed by atoms with Crippen molar-refractivity contribution in [2.75, 3.05) is 31.7 Å². The van der Waals surface area contributed by atoms with Gasteiger partial charge in [-0.3, -0.25) is 4.79 Å². The summed E-state index contributed by atoms with van der Waals surface area (Å²) in [4.78, 5) is 10.8. The van der Waals surface area contributed by atoms with Gasteiger partial charge in [0.15, 0.2) is 0 Å². The van der Waals surface area contributed by atoms with Gasteiger partial charge in [-0.05, 0) is 37.6 Å². The quantitative estimate of drug-likeness (QED) is 0.689. The van der Waals surface area contributed by atoms with Gasteiger partial charge >= 0.3 is 5.97 Å². The largest absolute Gasteiger partial charge is 0.468 e. The average molecular weight is 203 g/mol. The van der Waals surface area contributed by atoms with Crippen molar-refractivity contribution < 1.29 is 9.53 Å². The summed E-state index contributed by atoms with van der Waals surface area (Å²) >= 11 is 1.68. The van der Waals surface area contributed by atoms with E-state index in [1.807, 2.05) is 0 Å². The molecular weight excluding hydrogens is 186 g/mol. The van der Waals surface area contributed by atoms with E-state index in [4.69, 9.17) is 0 Å². The molecule has 0 bridgehead atoms. The molecule has 0 radical (unpaired) electrons. The molecule has 1 saturated heterocycles. The number of carbonyl (C=O) groups is 1. The Kier molecular flexibility index (Phi) is 5.23. The summed E-state index contributed by atoms with van der Waals surface area (Å²) in [7, 11) is 1.44. The van der Waals surface area contributed by atoms with E-state index in [-0.39, 0.29) is 5.97 Å².